The second kappa shape index (κ2) is 11.3. The Kier molecular flexibility index (Phi) is 7.82. The summed E-state index contributed by atoms with van der Waals surface area (Å²) in [6.07, 6.45) is -1.16. The minimum atomic E-state index is -1.61. The smallest absolute Gasteiger partial charge is 0.194 e. The van der Waals surface area contributed by atoms with Gasteiger partial charge in [0.15, 0.2) is 41.1 Å². The molecule has 0 amide bonds. The maximum atomic E-state index is 14.9. The first-order valence-electron chi connectivity index (χ1n) is 12.2. The van der Waals surface area contributed by atoms with Gasteiger partial charge in [0.2, 0.25) is 0 Å². The van der Waals surface area contributed by atoms with E-state index in [1.807, 2.05) is 0 Å². The van der Waals surface area contributed by atoms with Crippen LogP contribution in [0.3, 0.4) is 0 Å². The molecule has 40 heavy (non-hydrogen) atoms. The molecule has 0 aromatic heterocycles. The highest BCUT2D eigenvalue weighted by molar-refractivity contribution is 5.72. The fourth-order valence-corrected chi connectivity index (χ4v) is 4.37. The first-order valence-corrected chi connectivity index (χ1v) is 12.2. The van der Waals surface area contributed by atoms with E-state index < -0.39 is 58.7 Å². The molecule has 1 aliphatic rings. The van der Waals surface area contributed by atoms with Crippen LogP contribution in [0.1, 0.15) is 17.4 Å². The predicted octanol–water partition coefficient (Wildman–Crippen LogP) is 8.04. The summed E-state index contributed by atoms with van der Waals surface area (Å²) in [6, 6.07) is 11.7. The van der Waals surface area contributed by atoms with Gasteiger partial charge in [0.25, 0.3) is 0 Å². The number of aryl methyl sites for hydroxylation is 1. The van der Waals surface area contributed by atoms with Gasteiger partial charge in [-0.25, -0.2) is 30.7 Å². The minimum Gasteiger partial charge on any atom is -0.487 e. The number of rotatable bonds is 6. The first-order chi connectivity index (χ1) is 19.1. The van der Waals surface area contributed by atoms with Crippen molar-refractivity contribution in [1.29, 1.82) is 0 Å². The monoisotopic (exact) mass is 562 g/mol. The summed E-state index contributed by atoms with van der Waals surface area (Å²) >= 11 is 0. The maximum absolute atomic E-state index is 14.9. The molecule has 0 aliphatic carbocycles. The van der Waals surface area contributed by atoms with Gasteiger partial charge >= 0.3 is 0 Å². The summed E-state index contributed by atoms with van der Waals surface area (Å²) in [5.41, 5.74) is 0.936. The standard InChI is InChI=1S/C30H21F7O3/c1-15-2-4-20(22(31)6-15)17-3-5-21(23(32)7-17)18-8-26(35)29(27(36)9-18)38-12-16-13-39-30(40-14-16)19-10-24(33)28(37)25(34)11-19/h2-11,16,30H,12-14H2,1H3. The largest absolute Gasteiger partial charge is 0.487 e. The number of halogens is 7. The molecule has 0 atom stereocenters. The Bertz CT molecular complexity index is 1520. The molecule has 1 heterocycles. The van der Waals surface area contributed by atoms with Gasteiger partial charge in [-0.1, -0.05) is 24.3 Å². The summed E-state index contributed by atoms with van der Waals surface area (Å²) in [6.45, 7) is 1.43. The lowest BCUT2D eigenvalue weighted by atomic mass is 9.98. The molecule has 4 aromatic rings. The average Bonchev–Trinajstić information content (AvgIpc) is 2.91. The lowest BCUT2D eigenvalue weighted by Crippen LogP contribution is -2.31. The van der Waals surface area contributed by atoms with E-state index in [1.165, 1.54) is 24.3 Å². The lowest BCUT2D eigenvalue weighted by molar-refractivity contribution is -0.209. The van der Waals surface area contributed by atoms with Gasteiger partial charge in [-0.2, -0.15) is 0 Å². The molecule has 1 saturated heterocycles. The molecule has 208 valence electrons. The van der Waals surface area contributed by atoms with Crippen LogP contribution in [0.2, 0.25) is 0 Å². The Morgan fingerprint density at radius 1 is 0.650 bits per heavy atom. The van der Waals surface area contributed by atoms with Gasteiger partial charge in [0.05, 0.1) is 19.8 Å². The quantitative estimate of drug-likeness (QED) is 0.176. The number of hydrogen-bond acceptors (Lipinski definition) is 3. The topological polar surface area (TPSA) is 27.7 Å². The van der Waals surface area contributed by atoms with E-state index in [1.54, 1.807) is 13.0 Å². The summed E-state index contributed by atoms with van der Waals surface area (Å²) in [7, 11) is 0. The lowest BCUT2D eigenvalue weighted by Gasteiger charge is -2.29. The Morgan fingerprint density at radius 3 is 1.80 bits per heavy atom. The van der Waals surface area contributed by atoms with Crippen LogP contribution in [-0.2, 0) is 9.47 Å². The van der Waals surface area contributed by atoms with E-state index in [4.69, 9.17) is 14.2 Å². The van der Waals surface area contributed by atoms with Crippen molar-refractivity contribution in [2.75, 3.05) is 19.8 Å². The van der Waals surface area contributed by atoms with Gasteiger partial charge in [0.1, 0.15) is 11.6 Å². The molecule has 10 heteroatoms. The van der Waals surface area contributed by atoms with Gasteiger partial charge < -0.3 is 14.2 Å². The molecular weight excluding hydrogens is 541 g/mol. The number of benzene rings is 4. The first kappa shape index (κ1) is 27.7. The third-order valence-electron chi connectivity index (χ3n) is 6.42. The van der Waals surface area contributed by atoms with Gasteiger partial charge in [-0.3, -0.25) is 0 Å². The van der Waals surface area contributed by atoms with Crippen LogP contribution in [-0.4, -0.2) is 19.8 Å². The average molecular weight is 562 g/mol. The van der Waals surface area contributed by atoms with E-state index in [0.717, 1.165) is 30.3 Å². The molecule has 4 aromatic carbocycles. The highest BCUT2D eigenvalue weighted by Crippen LogP contribution is 2.34. The van der Waals surface area contributed by atoms with Crippen LogP contribution in [0.25, 0.3) is 22.3 Å². The summed E-state index contributed by atoms with van der Waals surface area (Å²) in [5.74, 6) is -9.03. The van der Waals surface area contributed by atoms with Crippen molar-refractivity contribution in [3.63, 3.8) is 0 Å². The Morgan fingerprint density at radius 2 is 1.20 bits per heavy atom. The summed E-state index contributed by atoms with van der Waals surface area (Å²) in [4.78, 5) is 0. The van der Waals surface area contributed by atoms with E-state index in [0.29, 0.717) is 5.56 Å². The molecule has 0 saturated carbocycles. The molecular formula is C30H21F7O3. The van der Waals surface area contributed by atoms with Gasteiger partial charge in [0, 0.05) is 22.6 Å². The second-order valence-electron chi connectivity index (χ2n) is 9.42. The van der Waals surface area contributed by atoms with Crippen LogP contribution in [0, 0.1) is 53.6 Å². The molecule has 0 radical (unpaired) electrons. The van der Waals surface area contributed by atoms with Crippen molar-refractivity contribution in [3.8, 4) is 28.0 Å². The van der Waals surface area contributed by atoms with Crippen LogP contribution in [0.15, 0.2) is 60.7 Å². The number of hydrogen-bond donors (Lipinski definition) is 0. The molecule has 5 rings (SSSR count). The van der Waals surface area contributed by atoms with Crippen molar-refractivity contribution >= 4 is 0 Å². The van der Waals surface area contributed by atoms with E-state index in [2.05, 4.69) is 0 Å². The van der Waals surface area contributed by atoms with Crippen LogP contribution < -0.4 is 4.74 Å². The third kappa shape index (κ3) is 5.68. The van der Waals surface area contributed by atoms with E-state index in [-0.39, 0.29) is 47.6 Å². The summed E-state index contributed by atoms with van der Waals surface area (Å²) in [5, 5.41) is 0. The van der Waals surface area contributed by atoms with Gasteiger partial charge in [-0.05, 0) is 60.0 Å². The fourth-order valence-electron chi connectivity index (χ4n) is 4.37. The molecule has 1 aliphatic heterocycles. The highest BCUT2D eigenvalue weighted by Gasteiger charge is 2.27. The SMILES string of the molecule is Cc1ccc(-c2ccc(-c3cc(F)c(OCC4COC(c5cc(F)c(F)c(F)c5)OC4)c(F)c3)c(F)c2)c(F)c1. The Labute approximate surface area is 224 Å². The van der Waals surface area contributed by atoms with Crippen molar-refractivity contribution in [2.24, 2.45) is 5.92 Å². The molecule has 0 bridgehead atoms. The maximum Gasteiger partial charge on any atom is 0.194 e. The van der Waals surface area contributed by atoms with E-state index in [9.17, 15) is 30.7 Å². The third-order valence-corrected chi connectivity index (χ3v) is 6.42. The van der Waals surface area contributed by atoms with Gasteiger partial charge in [-0.15, -0.1) is 0 Å². The van der Waals surface area contributed by atoms with Crippen LogP contribution in [0.5, 0.6) is 5.75 Å². The molecule has 1 fully saturated rings. The summed E-state index contributed by atoms with van der Waals surface area (Å²) < 4.78 is 115. The second-order valence-corrected chi connectivity index (χ2v) is 9.42. The molecule has 0 unspecified atom stereocenters. The van der Waals surface area contributed by atoms with Crippen molar-refractivity contribution < 1.29 is 44.9 Å². The number of ether oxygens (including phenoxy) is 3. The predicted molar refractivity (Wildman–Crippen MR) is 132 cm³/mol. The normalized spacial score (nSPS) is 17.2. The highest BCUT2D eigenvalue weighted by atomic mass is 19.2. The Hall–Kier alpha value is -3.89. The van der Waals surface area contributed by atoms with Crippen molar-refractivity contribution in [1.82, 2.24) is 0 Å². The zero-order valence-corrected chi connectivity index (χ0v) is 20.9. The van der Waals surface area contributed by atoms with E-state index >= 15 is 0 Å². The van der Waals surface area contributed by atoms with Crippen LogP contribution in [0.4, 0.5) is 30.7 Å². The molecule has 3 nitrogen and oxygen atoms in total. The van der Waals surface area contributed by atoms with Crippen LogP contribution >= 0.6 is 0 Å². The fraction of sp³-hybridized carbons (Fsp3) is 0.200. The molecule has 0 N–H and O–H groups in total. The van der Waals surface area contributed by atoms with Crippen molar-refractivity contribution in [2.45, 2.75) is 13.2 Å². The molecule has 0 spiro atoms. The zero-order chi connectivity index (χ0) is 28.6. The zero-order valence-electron chi connectivity index (χ0n) is 20.9. The Balaban J connectivity index is 1.24. The van der Waals surface area contributed by atoms with Crippen molar-refractivity contribution in [3.05, 3.63) is 113 Å². The minimum absolute atomic E-state index is 0.0360.